The van der Waals surface area contributed by atoms with Gasteiger partial charge in [-0.25, -0.2) is 13.1 Å². The summed E-state index contributed by atoms with van der Waals surface area (Å²) in [5.74, 6) is 1.70. The van der Waals surface area contributed by atoms with Crippen LogP contribution in [-0.4, -0.2) is 51.8 Å². The molecule has 1 aliphatic rings. The Balaban J connectivity index is 1.73. The number of rotatable bonds is 7. The molecule has 0 aliphatic carbocycles. The zero-order chi connectivity index (χ0) is 20.4. The van der Waals surface area contributed by atoms with Crippen LogP contribution in [0.15, 0.2) is 53.1 Å². The van der Waals surface area contributed by atoms with Crippen molar-refractivity contribution in [2.75, 3.05) is 18.1 Å². The van der Waals surface area contributed by atoms with Gasteiger partial charge in [-0.1, -0.05) is 25.1 Å². The van der Waals surface area contributed by atoms with E-state index in [4.69, 9.17) is 21.7 Å². The second-order valence-electron chi connectivity index (χ2n) is 7.26. The summed E-state index contributed by atoms with van der Waals surface area (Å²) in [4.78, 5) is 2.18. The van der Waals surface area contributed by atoms with Crippen molar-refractivity contribution in [3.63, 3.8) is 0 Å². The fourth-order valence-electron chi connectivity index (χ4n) is 3.77. The highest BCUT2D eigenvalue weighted by molar-refractivity contribution is 7.91. The fraction of sp³-hybridized carbons (Fsp3) is 0.400. The first-order chi connectivity index (χ1) is 14.0. The molecular formula is C20H24N4O3S2. The monoisotopic (exact) mass is 432 g/mol. The van der Waals surface area contributed by atoms with E-state index in [-0.39, 0.29) is 17.5 Å². The summed E-state index contributed by atoms with van der Waals surface area (Å²) in [6.07, 6.45) is 3.19. The predicted molar refractivity (Wildman–Crippen MR) is 114 cm³/mol. The SMILES string of the molecule is CCCN(Cn1nc(-c2ccco2)n(-c2ccccc2)c1=S)[C@H]1CCS(=O)(=O)C1. The number of sulfone groups is 1. The second kappa shape index (κ2) is 8.25. The summed E-state index contributed by atoms with van der Waals surface area (Å²) in [5, 5.41) is 4.75. The Labute approximate surface area is 175 Å². The van der Waals surface area contributed by atoms with Crippen LogP contribution in [0.5, 0.6) is 0 Å². The second-order valence-corrected chi connectivity index (χ2v) is 9.86. The van der Waals surface area contributed by atoms with Crippen molar-refractivity contribution in [2.24, 2.45) is 0 Å². The highest BCUT2D eigenvalue weighted by Crippen LogP contribution is 2.24. The van der Waals surface area contributed by atoms with Crippen LogP contribution in [0.4, 0.5) is 0 Å². The number of hydrogen-bond acceptors (Lipinski definition) is 6. The lowest BCUT2D eigenvalue weighted by molar-refractivity contribution is 0.155. The Hall–Kier alpha value is -2.23. The molecule has 154 valence electrons. The number of hydrogen-bond donors (Lipinski definition) is 0. The van der Waals surface area contributed by atoms with Gasteiger partial charge in [-0.3, -0.25) is 9.47 Å². The lowest BCUT2D eigenvalue weighted by Gasteiger charge is -2.27. The quantitative estimate of drug-likeness (QED) is 0.532. The maximum Gasteiger partial charge on any atom is 0.204 e. The van der Waals surface area contributed by atoms with E-state index in [9.17, 15) is 8.42 Å². The van der Waals surface area contributed by atoms with Crippen LogP contribution in [0.1, 0.15) is 19.8 Å². The van der Waals surface area contributed by atoms with Crippen molar-refractivity contribution in [3.8, 4) is 17.3 Å². The van der Waals surface area contributed by atoms with Gasteiger partial charge in [-0.05, 0) is 55.9 Å². The third-order valence-electron chi connectivity index (χ3n) is 5.15. The van der Waals surface area contributed by atoms with Crippen LogP contribution in [0.3, 0.4) is 0 Å². The van der Waals surface area contributed by atoms with E-state index in [0.29, 0.717) is 29.4 Å². The number of aromatic nitrogens is 3. The maximum atomic E-state index is 12.0. The molecule has 1 fully saturated rings. The highest BCUT2D eigenvalue weighted by atomic mass is 32.2. The molecule has 0 unspecified atom stereocenters. The Morgan fingerprint density at radius 2 is 2.03 bits per heavy atom. The van der Waals surface area contributed by atoms with Crippen molar-refractivity contribution in [1.29, 1.82) is 0 Å². The van der Waals surface area contributed by atoms with Crippen molar-refractivity contribution >= 4 is 22.1 Å². The molecule has 0 spiro atoms. The topological polar surface area (TPSA) is 73.3 Å². The smallest absolute Gasteiger partial charge is 0.204 e. The van der Waals surface area contributed by atoms with Crippen LogP contribution < -0.4 is 0 Å². The average Bonchev–Trinajstić information content (AvgIpc) is 3.42. The first-order valence-corrected chi connectivity index (χ1v) is 11.9. The van der Waals surface area contributed by atoms with Gasteiger partial charge in [0.1, 0.15) is 0 Å². The molecule has 2 aromatic heterocycles. The predicted octanol–water partition coefficient (Wildman–Crippen LogP) is 3.52. The average molecular weight is 433 g/mol. The third kappa shape index (κ3) is 4.22. The zero-order valence-electron chi connectivity index (χ0n) is 16.3. The standard InChI is InChI=1S/C20H24N4O3S2/c1-2-11-22(17-10-13-29(25,26)14-17)15-23-20(28)24(16-7-4-3-5-8-16)19(21-23)18-9-6-12-27-18/h3-9,12,17H,2,10-11,13-15H2,1H3/t17-/m0/s1. The minimum atomic E-state index is -2.96. The first kappa shape index (κ1) is 20.1. The normalized spacial score (nSPS) is 18.5. The van der Waals surface area contributed by atoms with Gasteiger partial charge in [0, 0.05) is 6.04 Å². The van der Waals surface area contributed by atoms with Gasteiger partial charge >= 0.3 is 0 Å². The molecule has 4 rings (SSSR count). The van der Waals surface area contributed by atoms with Crippen molar-refractivity contribution in [3.05, 3.63) is 53.5 Å². The summed E-state index contributed by atoms with van der Waals surface area (Å²) in [5.41, 5.74) is 0.903. The Bertz CT molecular complexity index is 1120. The molecule has 0 saturated carbocycles. The molecule has 7 nitrogen and oxygen atoms in total. The minimum Gasteiger partial charge on any atom is -0.461 e. The Morgan fingerprint density at radius 3 is 2.66 bits per heavy atom. The van der Waals surface area contributed by atoms with Gasteiger partial charge in [0.15, 0.2) is 15.6 Å². The molecule has 3 aromatic rings. The van der Waals surface area contributed by atoms with E-state index in [2.05, 4.69) is 11.8 Å². The van der Waals surface area contributed by atoms with Gasteiger partial charge in [0.05, 0.1) is 30.1 Å². The van der Waals surface area contributed by atoms with Gasteiger partial charge in [-0.15, -0.1) is 5.10 Å². The summed E-state index contributed by atoms with van der Waals surface area (Å²) in [6.45, 7) is 3.32. The summed E-state index contributed by atoms with van der Waals surface area (Å²) < 4.78 is 33.8. The van der Waals surface area contributed by atoms with Crippen LogP contribution in [0.2, 0.25) is 0 Å². The number of benzene rings is 1. The molecular weight excluding hydrogens is 408 g/mol. The highest BCUT2D eigenvalue weighted by Gasteiger charge is 2.32. The number of nitrogens with zero attached hydrogens (tertiary/aromatic N) is 4. The van der Waals surface area contributed by atoms with E-state index in [1.54, 1.807) is 10.9 Å². The molecule has 0 N–H and O–H groups in total. The minimum absolute atomic E-state index is 0.00390. The van der Waals surface area contributed by atoms with E-state index in [1.165, 1.54) is 0 Å². The maximum absolute atomic E-state index is 12.0. The summed E-state index contributed by atoms with van der Waals surface area (Å²) in [7, 11) is -2.96. The van der Waals surface area contributed by atoms with E-state index in [1.807, 2.05) is 47.0 Å². The van der Waals surface area contributed by atoms with E-state index >= 15 is 0 Å². The molecule has 9 heteroatoms. The van der Waals surface area contributed by atoms with Crippen molar-refractivity contribution in [1.82, 2.24) is 19.2 Å². The fourth-order valence-corrected chi connectivity index (χ4v) is 5.82. The molecule has 1 aliphatic heterocycles. The van der Waals surface area contributed by atoms with Crippen LogP contribution >= 0.6 is 12.2 Å². The lowest BCUT2D eigenvalue weighted by Crippen LogP contribution is -2.38. The van der Waals surface area contributed by atoms with Crippen molar-refractivity contribution in [2.45, 2.75) is 32.5 Å². The number of para-hydroxylation sites is 1. The van der Waals surface area contributed by atoms with Gasteiger partial charge < -0.3 is 4.42 Å². The van der Waals surface area contributed by atoms with Crippen LogP contribution in [0, 0.1) is 4.77 Å². The lowest BCUT2D eigenvalue weighted by atomic mass is 10.2. The molecule has 0 bridgehead atoms. The first-order valence-electron chi connectivity index (χ1n) is 9.72. The summed E-state index contributed by atoms with van der Waals surface area (Å²) in [6, 6.07) is 13.5. The van der Waals surface area contributed by atoms with E-state index < -0.39 is 9.84 Å². The largest absolute Gasteiger partial charge is 0.461 e. The number of furan rings is 1. The molecule has 0 radical (unpaired) electrons. The summed E-state index contributed by atoms with van der Waals surface area (Å²) >= 11 is 5.77. The molecule has 3 heterocycles. The third-order valence-corrected chi connectivity index (χ3v) is 7.29. The van der Waals surface area contributed by atoms with E-state index in [0.717, 1.165) is 18.7 Å². The van der Waals surface area contributed by atoms with Crippen molar-refractivity contribution < 1.29 is 12.8 Å². The van der Waals surface area contributed by atoms with Crippen LogP contribution in [0.25, 0.3) is 17.3 Å². The molecule has 0 amide bonds. The molecule has 1 atom stereocenters. The van der Waals surface area contributed by atoms with Crippen LogP contribution in [-0.2, 0) is 16.5 Å². The Morgan fingerprint density at radius 1 is 1.24 bits per heavy atom. The molecule has 29 heavy (non-hydrogen) atoms. The van der Waals surface area contributed by atoms with Gasteiger partial charge in [0.2, 0.25) is 10.6 Å². The zero-order valence-corrected chi connectivity index (χ0v) is 17.9. The molecule has 1 saturated heterocycles. The Kier molecular flexibility index (Phi) is 5.71. The van der Waals surface area contributed by atoms with Gasteiger partial charge in [0.25, 0.3) is 0 Å². The van der Waals surface area contributed by atoms with Gasteiger partial charge in [-0.2, -0.15) is 0 Å². The molecule has 1 aromatic carbocycles.